The van der Waals surface area contributed by atoms with E-state index < -0.39 is 0 Å². The number of aromatic nitrogens is 2. The van der Waals surface area contributed by atoms with Crippen LogP contribution >= 0.6 is 59.6 Å². The van der Waals surface area contributed by atoms with Crippen LogP contribution in [0.1, 0.15) is 5.56 Å². The number of nitrogens with zero attached hydrogens (tertiary/aromatic N) is 3. The molecule has 0 fully saturated rings. The fraction of sp³-hybridized carbons (Fsp3) is 0.0435. The van der Waals surface area contributed by atoms with Crippen LogP contribution in [0.2, 0.25) is 0 Å². The van der Waals surface area contributed by atoms with E-state index in [0.29, 0.717) is 31.8 Å². The fourth-order valence-electron chi connectivity index (χ4n) is 3.05. The average molecular weight is 667 g/mol. The smallest absolute Gasteiger partial charge is 0.266 e. The minimum Gasteiger partial charge on any atom is -0.506 e. The maximum absolute atomic E-state index is 13.2. The van der Waals surface area contributed by atoms with Gasteiger partial charge in [-0.05, 0) is 64.5 Å². The van der Waals surface area contributed by atoms with Crippen molar-refractivity contribution >= 4 is 82.6 Å². The second-order valence-electron chi connectivity index (χ2n) is 6.94. The summed E-state index contributed by atoms with van der Waals surface area (Å²) in [5.74, 6) is -0.402. The van der Waals surface area contributed by atoms with Gasteiger partial charge in [0, 0.05) is 14.5 Å². The van der Waals surface area contributed by atoms with E-state index >= 15 is 0 Å². The summed E-state index contributed by atoms with van der Waals surface area (Å²) in [5.41, 5.74) is 3.84. The molecule has 3 aromatic carbocycles. The third kappa shape index (κ3) is 5.60. The molecule has 11 heteroatoms. The van der Waals surface area contributed by atoms with Crippen molar-refractivity contribution in [2.45, 2.75) is 5.16 Å². The van der Waals surface area contributed by atoms with Gasteiger partial charge < -0.3 is 5.11 Å². The fourth-order valence-corrected chi connectivity index (χ4v) is 5.38. The highest BCUT2D eigenvalue weighted by Gasteiger charge is 2.15. The Kier molecular flexibility index (Phi) is 7.87. The van der Waals surface area contributed by atoms with Crippen LogP contribution in [0.3, 0.4) is 0 Å². The van der Waals surface area contributed by atoms with Gasteiger partial charge in [-0.2, -0.15) is 5.10 Å². The summed E-state index contributed by atoms with van der Waals surface area (Å²) in [6, 6.07) is 17.7. The highest BCUT2D eigenvalue weighted by atomic mass is 79.9. The number of hydrazone groups is 1. The van der Waals surface area contributed by atoms with Gasteiger partial charge >= 0.3 is 0 Å². The number of nitrogens with one attached hydrogen (secondary N) is 1. The standard InChI is InChI=1S/C23H15Br3N4O3S/c24-14-5-7-16(8-6-14)30-22(33)17-3-1-2-4-19(17)28-23(30)34-12-20(31)29-27-11-13-9-15(25)10-18(26)21(13)32/h1-11,32H,12H2,(H,29,31). The molecule has 34 heavy (non-hydrogen) atoms. The van der Waals surface area contributed by atoms with Gasteiger partial charge in [0.15, 0.2) is 5.16 Å². The third-order valence-corrected chi connectivity index (χ3v) is 7.14. The van der Waals surface area contributed by atoms with Crippen molar-refractivity contribution in [3.05, 3.63) is 90.0 Å². The predicted octanol–water partition coefficient (Wildman–Crippen LogP) is 5.62. The molecule has 0 aliphatic rings. The van der Waals surface area contributed by atoms with E-state index in [1.807, 2.05) is 18.2 Å². The molecule has 0 unspecified atom stereocenters. The van der Waals surface area contributed by atoms with Crippen LogP contribution in [0.25, 0.3) is 16.6 Å². The van der Waals surface area contributed by atoms with Gasteiger partial charge in [-0.3, -0.25) is 14.2 Å². The number of phenols is 1. The number of fused-ring (bicyclic) bond motifs is 1. The van der Waals surface area contributed by atoms with Gasteiger partial charge in [0.1, 0.15) is 5.75 Å². The van der Waals surface area contributed by atoms with Crippen LogP contribution in [0, 0.1) is 0 Å². The van der Waals surface area contributed by atoms with Gasteiger partial charge in [-0.15, -0.1) is 0 Å². The number of carbonyl (C=O) groups excluding carboxylic acids is 1. The van der Waals surface area contributed by atoms with Crippen molar-refractivity contribution in [2.24, 2.45) is 5.10 Å². The van der Waals surface area contributed by atoms with Crippen molar-refractivity contribution in [2.75, 3.05) is 5.75 Å². The Morgan fingerprint density at radius 3 is 2.59 bits per heavy atom. The molecule has 0 aliphatic carbocycles. The Bertz CT molecular complexity index is 1470. The molecule has 0 spiro atoms. The number of rotatable bonds is 6. The Morgan fingerprint density at radius 2 is 1.82 bits per heavy atom. The third-order valence-electron chi connectivity index (χ3n) is 4.61. The lowest BCUT2D eigenvalue weighted by molar-refractivity contribution is -0.118. The Morgan fingerprint density at radius 1 is 1.09 bits per heavy atom. The van der Waals surface area contributed by atoms with Crippen LogP contribution in [0.15, 0.2) is 89.1 Å². The van der Waals surface area contributed by atoms with Crippen LogP contribution < -0.4 is 11.0 Å². The van der Waals surface area contributed by atoms with Crippen molar-refractivity contribution in [1.82, 2.24) is 15.0 Å². The number of aromatic hydroxyl groups is 1. The molecular weight excluding hydrogens is 652 g/mol. The number of halogens is 3. The van der Waals surface area contributed by atoms with Crippen molar-refractivity contribution in [3.63, 3.8) is 0 Å². The van der Waals surface area contributed by atoms with E-state index in [0.717, 1.165) is 20.7 Å². The predicted molar refractivity (Wildman–Crippen MR) is 145 cm³/mol. The Hall–Kier alpha value is -2.47. The number of benzene rings is 3. The lowest BCUT2D eigenvalue weighted by Crippen LogP contribution is -2.24. The first-order chi connectivity index (χ1) is 16.3. The lowest BCUT2D eigenvalue weighted by atomic mass is 10.2. The topological polar surface area (TPSA) is 96.6 Å². The molecule has 7 nitrogen and oxygen atoms in total. The molecule has 0 saturated carbocycles. The second kappa shape index (κ2) is 10.9. The quantitative estimate of drug-likeness (QED) is 0.121. The van der Waals surface area contributed by atoms with Crippen LogP contribution in [-0.4, -0.2) is 32.5 Å². The molecule has 4 rings (SSSR count). The van der Waals surface area contributed by atoms with Crippen LogP contribution in [0.4, 0.5) is 0 Å². The van der Waals surface area contributed by atoms with E-state index in [1.54, 1.807) is 42.5 Å². The monoisotopic (exact) mass is 664 g/mol. The minimum absolute atomic E-state index is 0.00875. The van der Waals surface area contributed by atoms with E-state index in [-0.39, 0.29) is 23.0 Å². The zero-order chi connectivity index (χ0) is 24.2. The van der Waals surface area contributed by atoms with E-state index in [4.69, 9.17) is 0 Å². The highest BCUT2D eigenvalue weighted by Crippen LogP contribution is 2.30. The SMILES string of the molecule is O=C(CSc1nc2ccccc2c(=O)n1-c1ccc(Br)cc1)NN=Cc1cc(Br)cc(Br)c1O. The summed E-state index contributed by atoms with van der Waals surface area (Å²) < 4.78 is 3.62. The first-order valence-electron chi connectivity index (χ1n) is 9.74. The maximum Gasteiger partial charge on any atom is 0.266 e. The highest BCUT2D eigenvalue weighted by molar-refractivity contribution is 9.11. The van der Waals surface area contributed by atoms with Gasteiger partial charge in [-0.25, -0.2) is 10.4 Å². The van der Waals surface area contributed by atoms with Crippen molar-refractivity contribution in [1.29, 1.82) is 0 Å². The molecule has 2 N–H and O–H groups in total. The normalized spacial score (nSPS) is 11.3. The summed E-state index contributed by atoms with van der Waals surface area (Å²) in [5, 5.41) is 14.9. The number of para-hydroxylation sites is 1. The zero-order valence-corrected chi connectivity index (χ0v) is 22.8. The number of phenolic OH excluding ortho intramolecular Hbond substituents is 1. The Labute approximate surface area is 223 Å². The van der Waals surface area contributed by atoms with Gasteiger partial charge in [0.25, 0.3) is 11.5 Å². The molecule has 0 saturated heterocycles. The summed E-state index contributed by atoms with van der Waals surface area (Å²) in [6.45, 7) is 0. The van der Waals surface area contributed by atoms with Crippen LogP contribution in [0.5, 0.6) is 5.75 Å². The minimum atomic E-state index is -0.389. The molecule has 0 atom stereocenters. The summed E-state index contributed by atoms with van der Waals surface area (Å²) in [7, 11) is 0. The average Bonchev–Trinajstić information content (AvgIpc) is 2.82. The van der Waals surface area contributed by atoms with Crippen molar-refractivity contribution < 1.29 is 9.90 Å². The van der Waals surface area contributed by atoms with E-state index in [1.165, 1.54) is 10.8 Å². The number of hydrogen-bond acceptors (Lipinski definition) is 6. The summed E-state index contributed by atoms with van der Waals surface area (Å²) in [4.78, 5) is 30.3. The molecule has 1 aromatic heterocycles. The summed E-state index contributed by atoms with van der Waals surface area (Å²) in [6.07, 6.45) is 1.35. The molecular formula is C23H15Br3N4O3S. The first-order valence-corrected chi connectivity index (χ1v) is 13.1. The number of amides is 1. The van der Waals surface area contributed by atoms with Gasteiger partial charge in [0.2, 0.25) is 0 Å². The molecule has 0 aliphatic heterocycles. The maximum atomic E-state index is 13.2. The first kappa shape index (κ1) is 24.6. The van der Waals surface area contributed by atoms with Gasteiger partial charge in [0.05, 0.1) is 33.0 Å². The van der Waals surface area contributed by atoms with E-state index in [2.05, 4.69) is 63.3 Å². The van der Waals surface area contributed by atoms with Gasteiger partial charge in [-0.1, -0.05) is 55.8 Å². The molecule has 4 aromatic rings. The summed E-state index contributed by atoms with van der Waals surface area (Å²) >= 11 is 11.1. The number of carbonyl (C=O) groups is 1. The van der Waals surface area contributed by atoms with Crippen molar-refractivity contribution in [3.8, 4) is 11.4 Å². The number of hydrogen-bond donors (Lipinski definition) is 2. The largest absolute Gasteiger partial charge is 0.506 e. The molecule has 1 amide bonds. The molecule has 172 valence electrons. The molecule has 0 bridgehead atoms. The second-order valence-corrected chi connectivity index (χ2v) is 10.6. The number of thioether (sulfide) groups is 1. The zero-order valence-electron chi connectivity index (χ0n) is 17.2. The molecule has 1 heterocycles. The lowest BCUT2D eigenvalue weighted by Gasteiger charge is -2.13. The van der Waals surface area contributed by atoms with Crippen LogP contribution in [-0.2, 0) is 4.79 Å². The molecule has 0 radical (unpaired) electrons. The van der Waals surface area contributed by atoms with E-state index in [9.17, 15) is 14.7 Å². The Balaban J connectivity index is 1.56.